The standard InChI is InChI=1S/C12H16N2O2/c13-12(8-2-1-3-9-12)10-4-6-11(7-5-10)14(15)16/h4-7H,1-3,8-9,13H2. The van der Waals surface area contributed by atoms with E-state index in [4.69, 9.17) is 5.73 Å². The minimum atomic E-state index is -0.381. The lowest BCUT2D eigenvalue weighted by Gasteiger charge is -2.33. The Bertz CT molecular complexity index is 381. The summed E-state index contributed by atoms with van der Waals surface area (Å²) in [6.07, 6.45) is 5.49. The summed E-state index contributed by atoms with van der Waals surface area (Å²) >= 11 is 0. The monoisotopic (exact) mass is 220 g/mol. The van der Waals surface area contributed by atoms with Crippen molar-refractivity contribution < 1.29 is 4.92 Å². The third-order valence-electron chi connectivity index (χ3n) is 3.40. The van der Waals surface area contributed by atoms with Gasteiger partial charge in [-0.15, -0.1) is 0 Å². The van der Waals surface area contributed by atoms with Crippen LogP contribution in [0, 0.1) is 10.1 Å². The van der Waals surface area contributed by atoms with Gasteiger partial charge < -0.3 is 5.73 Å². The molecule has 16 heavy (non-hydrogen) atoms. The second-order valence-electron chi connectivity index (χ2n) is 4.52. The zero-order valence-corrected chi connectivity index (χ0v) is 9.19. The van der Waals surface area contributed by atoms with E-state index in [-0.39, 0.29) is 16.1 Å². The molecule has 0 unspecified atom stereocenters. The zero-order valence-electron chi connectivity index (χ0n) is 9.19. The van der Waals surface area contributed by atoms with E-state index in [1.54, 1.807) is 24.3 Å². The lowest BCUT2D eigenvalue weighted by molar-refractivity contribution is -0.384. The highest BCUT2D eigenvalue weighted by molar-refractivity contribution is 5.36. The summed E-state index contributed by atoms with van der Waals surface area (Å²) in [6.45, 7) is 0. The van der Waals surface area contributed by atoms with Crippen molar-refractivity contribution in [3.63, 3.8) is 0 Å². The Morgan fingerprint density at radius 3 is 2.19 bits per heavy atom. The van der Waals surface area contributed by atoms with Gasteiger partial charge in [0.05, 0.1) is 4.92 Å². The highest BCUT2D eigenvalue weighted by Crippen LogP contribution is 2.35. The van der Waals surface area contributed by atoms with Crippen molar-refractivity contribution >= 4 is 5.69 Å². The molecule has 1 aliphatic rings. The van der Waals surface area contributed by atoms with E-state index < -0.39 is 0 Å². The maximum atomic E-state index is 10.5. The van der Waals surface area contributed by atoms with Crippen LogP contribution in [0.2, 0.25) is 0 Å². The van der Waals surface area contributed by atoms with Crippen LogP contribution >= 0.6 is 0 Å². The van der Waals surface area contributed by atoms with Crippen LogP contribution in [-0.4, -0.2) is 4.92 Å². The molecule has 1 aromatic carbocycles. The van der Waals surface area contributed by atoms with E-state index in [1.165, 1.54) is 6.42 Å². The lowest BCUT2D eigenvalue weighted by atomic mass is 9.77. The summed E-state index contributed by atoms with van der Waals surface area (Å²) in [5.74, 6) is 0. The molecule has 0 spiro atoms. The molecule has 2 rings (SSSR count). The first-order valence-electron chi connectivity index (χ1n) is 5.66. The summed E-state index contributed by atoms with van der Waals surface area (Å²) in [4.78, 5) is 10.2. The molecule has 1 saturated carbocycles. The van der Waals surface area contributed by atoms with Gasteiger partial charge >= 0.3 is 0 Å². The van der Waals surface area contributed by atoms with Crippen LogP contribution in [0.1, 0.15) is 37.7 Å². The Balaban J connectivity index is 2.23. The van der Waals surface area contributed by atoms with Gasteiger partial charge in [0.15, 0.2) is 0 Å². The zero-order chi connectivity index (χ0) is 11.6. The SMILES string of the molecule is NC1(c2ccc([N+](=O)[O-])cc2)CCCCC1. The number of nitro groups is 1. The first-order chi connectivity index (χ1) is 7.62. The minimum Gasteiger partial charge on any atom is -0.321 e. The molecule has 1 fully saturated rings. The molecule has 1 aromatic rings. The summed E-state index contributed by atoms with van der Waals surface area (Å²) < 4.78 is 0. The predicted molar refractivity (Wildman–Crippen MR) is 62.0 cm³/mol. The Morgan fingerprint density at radius 1 is 1.12 bits per heavy atom. The molecule has 0 saturated heterocycles. The number of non-ortho nitro benzene ring substituents is 1. The molecule has 4 nitrogen and oxygen atoms in total. The van der Waals surface area contributed by atoms with Crippen LogP contribution in [0.15, 0.2) is 24.3 Å². The molecule has 86 valence electrons. The van der Waals surface area contributed by atoms with Crippen LogP contribution in [0.4, 0.5) is 5.69 Å². The summed E-state index contributed by atoms with van der Waals surface area (Å²) in [5, 5.41) is 10.5. The normalized spacial score (nSPS) is 19.3. The highest BCUT2D eigenvalue weighted by Gasteiger charge is 2.29. The van der Waals surface area contributed by atoms with Gasteiger partial charge in [-0.3, -0.25) is 10.1 Å². The Hall–Kier alpha value is -1.42. The average molecular weight is 220 g/mol. The number of hydrogen-bond donors (Lipinski definition) is 1. The number of nitrogens with two attached hydrogens (primary N) is 1. The van der Waals surface area contributed by atoms with Gasteiger partial charge in [0.2, 0.25) is 0 Å². The summed E-state index contributed by atoms with van der Waals surface area (Å²) in [6, 6.07) is 6.67. The second kappa shape index (κ2) is 4.22. The van der Waals surface area contributed by atoms with Gasteiger partial charge in [-0.2, -0.15) is 0 Å². The molecule has 4 heteroatoms. The molecule has 0 heterocycles. The molecular formula is C12H16N2O2. The molecule has 0 atom stereocenters. The summed E-state index contributed by atoms with van der Waals surface area (Å²) in [7, 11) is 0. The van der Waals surface area contributed by atoms with Gasteiger partial charge in [-0.1, -0.05) is 31.4 Å². The molecule has 1 aliphatic carbocycles. The summed E-state index contributed by atoms with van der Waals surface area (Å²) in [5.41, 5.74) is 7.22. The van der Waals surface area contributed by atoms with Gasteiger partial charge in [-0.05, 0) is 18.4 Å². The third-order valence-corrected chi connectivity index (χ3v) is 3.40. The van der Waals surface area contributed by atoms with Gasteiger partial charge in [0.1, 0.15) is 0 Å². The van der Waals surface area contributed by atoms with Crippen molar-refractivity contribution in [2.24, 2.45) is 5.73 Å². The number of rotatable bonds is 2. The molecule has 0 aliphatic heterocycles. The number of nitrogens with zero attached hydrogens (tertiary/aromatic N) is 1. The van der Waals surface area contributed by atoms with Gasteiger partial charge in [-0.25, -0.2) is 0 Å². The Morgan fingerprint density at radius 2 is 1.69 bits per heavy atom. The number of benzene rings is 1. The first kappa shape index (κ1) is 11.1. The van der Waals surface area contributed by atoms with Crippen molar-refractivity contribution in [3.05, 3.63) is 39.9 Å². The molecule has 2 N–H and O–H groups in total. The van der Waals surface area contributed by atoms with E-state index in [9.17, 15) is 10.1 Å². The van der Waals surface area contributed by atoms with Crippen molar-refractivity contribution in [1.29, 1.82) is 0 Å². The van der Waals surface area contributed by atoms with Crippen molar-refractivity contribution in [2.75, 3.05) is 0 Å². The van der Waals surface area contributed by atoms with E-state index in [2.05, 4.69) is 0 Å². The third kappa shape index (κ3) is 2.07. The fourth-order valence-corrected chi connectivity index (χ4v) is 2.39. The van der Waals surface area contributed by atoms with Crippen LogP contribution in [0.25, 0.3) is 0 Å². The van der Waals surface area contributed by atoms with Crippen molar-refractivity contribution in [3.8, 4) is 0 Å². The maximum Gasteiger partial charge on any atom is 0.269 e. The maximum absolute atomic E-state index is 10.5. The largest absolute Gasteiger partial charge is 0.321 e. The van der Waals surface area contributed by atoms with E-state index in [1.807, 2.05) is 0 Å². The van der Waals surface area contributed by atoms with Crippen LogP contribution in [-0.2, 0) is 5.54 Å². The predicted octanol–water partition coefficient (Wildman–Crippen LogP) is 2.71. The van der Waals surface area contributed by atoms with E-state index >= 15 is 0 Å². The quantitative estimate of drug-likeness (QED) is 0.615. The second-order valence-corrected chi connectivity index (χ2v) is 4.52. The van der Waals surface area contributed by atoms with E-state index in [0.29, 0.717) is 0 Å². The fraction of sp³-hybridized carbons (Fsp3) is 0.500. The van der Waals surface area contributed by atoms with E-state index in [0.717, 1.165) is 31.2 Å². The Kier molecular flexibility index (Phi) is 2.92. The first-order valence-corrected chi connectivity index (χ1v) is 5.66. The smallest absolute Gasteiger partial charge is 0.269 e. The van der Waals surface area contributed by atoms with Crippen LogP contribution < -0.4 is 5.73 Å². The molecule has 0 amide bonds. The Labute approximate surface area is 94.6 Å². The molecule has 0 radical (unpaired) electrons. The highest BCUT2D eigenvalue weighted by atomic mass is 16.6. The average Bonchev–Trinajstić information content (AvgIpc) is 2.30. The van der Waals surface area contributed by atoms with Crippen LogP contribution in [0.3, 0.4) is 0 Å². The topological polar surface area (TPSA) is 69.2 Å². The van der Waals surface area contributed by atoms with Gasteiger partial charge in [0, 0.05) is 17.7 Å². The molecule has 0 bridgehead atoms. The minimum absolute atomic E-state index is 0.128. The van der Waals surface area contributed by atoms with Crippen molar-refractivity contribution in [1.82, 2.24) is 0 Å². The van der Waals surface area contributed by atoms with Crippen molar-refractivity contribution in [2.45, 2.75) is 37.6 Å². The molecular weight excluding hydrogens is 204 g/mol. The lowest BCUT2D eigenvalue weighted by Crippen LogP contribution is -2.38. The number of nitro benzene ring substituents is 1. The van der Waals surface area contributed by atoms with Gasteiger partial charge in [0.25, 0.3) is 5.69 Å². The molecule has 0 aromatic heterocycles. The van der Waals surface area contributed by atoms with Crippen LogP contribution in [0.5, 0.6) is 0 Å². The number of hydrogen-bond acceptors (Lipinski definition) is 3. The fourth-order valence-electron chi connectivity index (χ4n) is 2.39.